The van der Waals surface area contributed by atoms with Gasteiger partial charge < -0.3 is 0 Å². The van der Waals surface area contributed by atoms with Gasteiger partial charge in [0.25, 0.3) is 0 Å². The Bertz CT molecular complexity index is 390. The van der Waals surface area contributed by atoms with Gasteiger partial charge >= 0.3 is 0 Å². The van der Waals surface area contributed by atoms with Gasteiger partial charge in [-0.15, -0.1) is 0 Å². The van der Waals surface area contributed by atoms with Crippen molar-refractivity contribution in [2.45, 2.75) is 27.7 Å². The Kier molecular flexibility index (Phi) is 4.47. The summed E-state index contributed by atoms with van der Waals surface area (Å²) in [6, 6.07) is 7.79. The van der Waals surface area contributed by atoms with Crippen LogP contribution in [0.25, 0.3) is 0 Å². The molecule has 0 saturated heterocycles. The summed E-state index contributed by atoms with van der Waals surface area (Å²) >= 11 is 0. The lowest BCUT2D eigenvalue weighted by molar-refractivity contribution is 0.0927. The fraction of sp³-hybridized carbons (Fsp3) is 0.533. The summed E-state index contributed by atoms with van der Waals surface area (Å²) in [6.07, 6.45) is 0. The highest BCUT2D eigenvalue weighted by atomic mass is 16.1. The predicted octanol–water partition coefficient (Wildman–Crippen LogP) is 3.16. The van der Waals surface area contributed by atoms with Gasteiger partial charge in [0.15, 0.2) is 5.78 Å². The van der Waals surface area contributed by atoms with Crippen LogP contribution in [0.15, 0.2) is 24.3 Å². The smallest absolute Gasteiger partial charge is 0.176 e. The van der Waals surface area contributed by atoms with Crippen molar-refractivity contribution in [1.82, 2.24) is 4.90 Å². The van der Waals surface area contributed by atoms with Gasteiger partial charge in [-0.25, -0.2) is 0 Å². The molecule has 0 aliphatic rings. The molecule has 0 unspecified atom stereocenters. The summed E-state index contributed by atoms with van der Waals surface area (Å²) in [5.41, 5.74) is 2.17. The minimum absolute atomic E-state index is 0.195. The van der Waals surface area contributed by atoms with Gasteiger partial charge in [0.1, 0.15) is 0 Å². The van der Waals surface area contributed by atoms with E-state index in [4.69, 9.17) is 0 Å². The molecule has 0 aromatic heterocycles. The number of nitrogens with zero attached hydrogens (tertiary/aromatic N) is 1. The minimum Gasteiger partial charge on any atom is -0.298 e. The van der Waals surface area contributed by atoms with Gasteiger partial charge in [0, 0.05) is 12.1 Å². The first kappa shape index (κ1) is 13.9. The van der Waals surface area contributed by atoms with Crippen molar-refractivity contribution in [3.8, 4) is 0 Å². The standard InChI is InChI=1S/C15H23NO/c1-12-7-6-8-13(9-12)14(17)10-16(5)11-15(2,3)4/h6-9H,10-11H2,1-5H3. The lowest BCUT2D eigenvalue weighted by atomic mass is 9.96. The number of rotatable bonds is 4. The number of likely N-dealkylation sites (N-methyl/N-ethyl adjacent to an activating group) is 1. The average molecular weight is 233 g/mol. The second kappa shape index (κ2) is 5.46. The summed E-state index contributed by atoms with van der Waals surface area (Å²) in [6.45, 7) is 9.96. The van der Waals surface area contributed by atoms with Crippen molar-refractivity contribution >= 4 is 5.78 Å². The second-order valence-electron chi connectivity index (χ2n) is 6.03. The van der Waals surface area contributed by atoms with Crippen LogP contribution in [0.2, 0.25) is 0 Å². The van der Waals surface area contributed by atoms with E-state index in [1.807, 2.05) is 38.2 Å². The molecule has 0 spiro atoms. The Labute approximate surface area is 105 Å². The molecule has 0 saturated carbocycles. The zero-order chi connectivity index (χ0) is 13.1. The van der Waals surface area contributed by atoms with E-state index in [1.165, 1.54) is 0 Å². The molecule has 0 N–H and O–H groups in total. The van der Waals surface area contributed by atoms with Crippen molar-refractivity contribution in [2.24, 2.45) is 5.41 Å². The molecule has 0 heterocycles. The van der Waals surface area contributed by atoms with E-state index in [0.717, 1.165) is 17.7 Å². The molecular weight excluding hydrogens is 210 g/mol. The molecule has 1 aromatic carbocycles. The highest BCUT2D eigenvalue weighted by molar-refractivity contribution is 5.97. The molecule has 1 aromatic rings. The Morgan fingerprint density at radius 3 is 2.47 bits per heavy atom. The summed E-state index contributed by atoms with van der Waals surface area (Å²) in [5.74, 6) is 0.195. The minimum atomic E-state index is 0.195. The van der Waals surface area contributed by atoms with Crippen molar-refractivity contribution in [3.63, 3.8) is 0 Å². The largest absolute Gasteiger partial charge is 0.298 e. The van der Waals surface area contributed by atoms with Crippen molar-refractivity contribution in [2.75, 3.05) is 20.1 Å². The number of benzene rings is 1. The Morgan fingerprint density at radius 1 is 1.29 bits per heavy atom. The normalized spacial score (nSPS) is 11.9. The maximum absolute atomic E-state index is 12.1. The van der Waals surface area contributed by atoms with Crippen LogP contribution in [0.5, 0.6) is 0 Å². The molecule has 0 radical (unpaired) electrons. The highest BCUT2D eigenvalue weighted by Gasteiger charge is 2.16. The van der Waals surface area contributed by atoms with E-state index in [1.54, 1.807) is 0 Å². The van der Waals surface area contributed by atoms with Crippen LogP contribution >= 0.6 is 0 Å². The summed E-state index contributed by atoms with van der Waals surface area (Å²) in [7, 11) is 2.00. The van der Waals surface area contributed by atoms with Gasteiger partial charge in [-0.2, -0.15) is 0 Å². The van der Waals surface area contributed by atoms with Crippen molar-refractivity contribution < 1.29 is 4.79 Å². The van der Waals surface area contributed by atoms with E-state index in [0.29, 0.717) is 6.54 Å². The first-order chi connectivity index (χ1) is 7.78. The number of carbonyl (C=O) groups is 1. The van der Waals surface area contributed by atoms with Crippen LogP contribution in [-0.2, 0) is 0 Å². The van der Waals surface area contributed by atoms with Crippen LogP contribution in [0.3, 0.4) is 0 Å². The number of aryl methyl sites for hydroxylation is 1. The monoisotopic (exact) mass is 233 g/mol. The number of hydrogen-bond donors (Lipinski definition) is 0. The molecule has 1 rings (SSSR count). The Morgan fingerprint density at radius 2 is 1.94 bits per heavy atom. The summed E-state index contributed by atoms with van der Waals surface area (Å²) in [5, 5.41) is 0. The highest BCUT2D eigenvalue weighted by Crippen LogP contribution is 2.14. The maximum Gasteiger partial charge on any atom is 0.176 e. The zero-order valence-electron chi connectivity index (χ0n) is 11.6. The van der Waals surface area contributed by atoms with Crippen LogP contribution in [0.1, 0.15) is 36.7 Å². The van der Waals surface area contributed by atoms with Gasteiger partial charge in [-0.05, 0) is 25.5 Å². The SMILES string of the molecule is Cc1cccc(C(=O)CN(C)CC(C)(C)C)c1. The van der Waals surface area contributed by atoms with Gasteiger partial charge in [-0.3, -0.25) is 9.69 Å². The predicted molar refractivity (Wildman–Crippen MR) is 72.5 cm³/mol. The quantitative estimate of drug-likeness (QED) is 0.745. The number of carbonyl (C=O) groups excluding carboxylic acids is 1. The van der Waals surface area contributed by atoms with Gasteiger partial charge in [0.2, 0.25) is 0 Å². The first-order valence-corrected chi connectivity index (χ1v) is 6.06. The molecule has 0 amide bonds. The molecule has 0 bridgehead atoms. The molecule has 17 heavy (non-hydrogen) atoms. The van der Waals surface area contributed by atoms with Crippen LogP contribution in [0, 0.1) is 12.3 Å². The van der Waals surface area contributed by atoms with E-state index in [2.05, 4.69) is 25.7 Å². The second-order valence-corrected chi connectivity index (χ2v) is 6.03. The Balaban J connectivity index is 2.61. The number of Topliss-reactive ketones (excluding diaryl/α,β-unsaturated/α-hetero) is 1. The topological polar surface area (TPSA) is 20.3 Å². The van der Waals surface area contributed by atoms with E-state index < -0.39 is 0 Å². The van der Waals surface area contributed by atoms with Crippen LogP contribution in [-0.4, -0.2) is 30.8 Å². The van der Waals surface area contributed by atoms with Gasteiger partial charge in [0.05, 0.1) is 6.54 Å². The fourth-order valence-electron chi connectivity index (χ4n) is 2.02. The molecular formula is C15H23NO. The molecule has 2 nitrogen and oxygen atoms in total. The summed E-state index contributed by atoms with van der Waals surface area (Å²) < 4.78 is 0. The van der Waals surface area contributed by atoms with Crippen LogP contribution in [0.4, 0.5) is 0 Å². The summed E-state index contributed by atoms with van der Waals surface area (Å²) in [4.78, 5) is 14.1. The zero-order valence-corrected chi connectivity index (χ0v) is 11.6. The molecule has 0 aliphatic carbocycles. The molecule has 2 heteroatoms. The molecule has 0 atom stereocenters. The van der Waals surface area contributed by atoms with Gasteiger partial charge in [-0.1, -0.05) is 44.5 Å². The lowest BCUT2D eigenvalue weighted by Crippen LogP contribution is -2.33. The van der Waals surface area contributed by atoms with Crippen molar-refractivity contribution in [3.05, 3.63) is 35.4 Å². The third-order valence-corrected chi connectivity index (χ3v) is 2.50. The maximum atomic E-state index is 12.1. The lowest BCUT2D eigenvalue weighted by Gasteiger charge is -2.25. The molecule has 94 valence electrons. The molecule has 0 aliphatic heterocycles. The first-order valence-electron chi connectivity index (χ1n) is 6.06. The van der Waals surface area contributed by atoms with E-state index in [9.17, 15) is 4.79 Å². The number of ketones is 1. The third-order valence-electron chi connectivity index (χ3n) is 2.50. The third kappa shape index (κ3) is 5.14. The van der Waals surface area contributed by atoms with E-state index >= 15 is 0 Å². The molecule has 0 fully saturated rings. The van der Waals surface area contributed by atoms with Crippen LogP contribution < -0.4 is 0 Å². The fourth-order valence-corrected chi connectivity index (χ4v) is 2.02. The van der Waals surface area contributed by atoms with E-state index in [-0.39, 0.29) is 11.2 Å². The van der Waals surface area contributed by atoms with Crippen molar-refractivity contribution in [1.29, 1.82) is 0 Å². The number of hydrogen-bond acceptors (Lipinski definition) is 2. The Hall–Kier alpha value is -1.15. The average Bonchev–Trinajstić information content (AvgIpc) is 2.14.